The van der Waals surface area contributed by atoms with Gasteiger partial charge in [-0.3, -0.25) is 0 Å². The van der Waals surface area contributed by atoms with Gasteiger partial charge in [0, 0.05) is 23.1 Å². The fourth-order valence-electron chi connectivity index (χ4n) is 6.36. The van der Waals surface area contributed by atoms with Gasteiger partial charge in [-0.25, -0.2) is 22.2 Å². The summed E-state index contributed by atoms with van der Waals surface area (Å²) >= 11 is 0. The molecule has 38 heavy (non-hydrogen) atoms. The number of benzene rings is 2. The van der Waals surface area contributed by atoms with Gasteiger partial charge in [0.05, 0.1) is 12.2 Å². The normalized spacial score (nSPS) is 23.9. The van der Waals surface area contributed by atoms with E-state index in [4.69, 9.17) is 4.52 Å². The van der Waals surface area contributed by atoms with Crippen LogP contribution in [0.15, 0.2) is 59.4 Å². The fraction of sp³-hybridized carbons (Fsp3) is 0.407. The Morgan fingerprint density at radius 2 is 1.76 bits per heavy atom. The van der Waals surface area contributed by atoms with Crippen LogP contribution in [-0.2, 0) is 30.4 Å². The predicted octanol–water partition coefficient (Wildman–Crippen LogP) is 4.68. The Bertz CT molecular complexity index is 1450. The third-order valence-electron chi connectivity index (χ3n) is 8.29. The molecule has 4 aromatic rings. The molecule has 3 saturated carbocycles. The molecule has 1 atom stereocenters. The summed E-state index contributed by atoms with van der Waals surface area (Å²) in [4.78, 5) is 0. The summed E-state index contributed by atoms with van der Waals surface area (Å²) in [5.74, 6) is -5.17. The Labute approximate surface area is 215 Å². The molecule has 2 bridgehead atoms. The molecular weight excluding hydrogens is 502 g/mol. The summed E-state index contributed by atoms with van der Waals surface area (Å²) in [6, 6.07) is 12.0. The zero-order chi connectivity index (χ0) is 26.8. The number of alkyl halides is 2. The summed E-state index contributed by atoms with van der Waals surface area (Å²) in [6.07, 6.45) is 3.00. The average molecular weight is 528 g/mol. The maximum atomic E-state index is 16.3. The SMILES string of the molecule is Cc1cc(CCc2ccc(C34CC(C(F)(F)C(O)(Cn5cnnn5)c5ccc(F)cc5F)(C3)C4)cc2)no1. The summed E-state index contributed by atoms with van der Waals surface area (Å²) in [5.41, 5.74) is -2.68. The molecule has 11 heteroatoms. The highest BCUT2D eigenvalue weighted by Crippen LogP contribution is 2.80. The molecule has 1 unspecified atom stereocenters. The lowest BCUT2D eigenvalue weighted by atomic mass is 9.30. The van der Waals surface area contributed by atoms with Crippen LogP contribution >= 0.6 is 0 Å². The van der Waals surface area contributed by atoms with E-state index in [2.05, 4.69) is 20.7 Å². The second-order valence-electron chi connectivity index (χ2n) is 10.8. The zero-order valence-corrected chi connectivity index (χ0v) is 20.5. The lowest BCUT2D eigenvalue weighted by Gasteiger charge is -2.74. The van der Waals surface area contributed by atoms with E-state index in [1.165, 1.54) is 0 Å². The van der Waals surface area contributed by atoms with Gasteiger partial charge in [0.15, 0.2) is 5.60 Å². The standard InChI is InChI=1S/C27H25F4N5O2/c1-17-10-21(33-38-17)8-4-18-2-5-19(6-3-18)24-12-25(13-24,14-24)27(30,31)26(37,15-36-16-32-34-35-36)22-9-7-20(28)11-23(22)29/h2-3,5-7,9-11,16,37H,4,8,12-15H2,1H3. The molecule has 3 fully saturated rings. The summed E-state index contributed by atoms with van der Waals surface area (Å²) in [6.45, 7) is 1.05. The smallest absolute Gasteiger partial charge is 0.287 e. The molecule has 0 amide bonds. The van der Waals surface area contributed by atoms with E-state index in [-0.39, 0.29) is 19.3 Å². The van der Waals surface area contributed by atoms with Crippen LogP contribution in [0.1, 0.15) is 47.4 Å². The van der Waals surface area contributed by atoms with E-state index in [1.54, 1.807) is 0 Å². The lowest BCUT2D eigenvalue weighted by Crippen LogP contribution is -2.76. The van der Waals surface area contributed by atoms with Crippen molar-refractivity contribution in [2.45, 2.75) is 62.5 Å². The maximum absolute atomic E-state index is 16.3. The third-order valence-corrected chi connectivity index (χ3v) is 8.29. The minimum Gasteiger partial charge on any atom is -0.377 e. The average Bonchev–Trinajstić information content (AvgIpc) is 3.48. The molecule has 2 heterocycles. The minimum atomic E-state index is -3.75. The summed E-state index contributed by atoms with van der Waals surface area (Å²) in [7, 11) is 0. The van der Waals surface area contributed by atoms with E-state index in [0.29, 0.717) is 6.07 Å². The van der Waals surface area contributed by atoms with Crippen LogP contribution in [0.4, 0.5) is 17.6 Å². The van der Waals surface area contributed by atoms with Gasteiger partial charge in [-0.05, 0) is 78.1 Å². The number of aromatic nitrogens is 5. The van der Waals surface area contributed by atoms with Crippen molar-refractivity contribution >= 4 is 0 Å². The van der Waals surface area contributed by atoms with Gasteiger partial charge in [-0.15, -0.1) is 5.10 Å². The molecule has 2 aromatic carbocycles. The van der Waals surface area contributed by atoms with Crippen molar-refractivity contribution in [3.63, 3.8) is 0 Å². The van der Waals surface area contributed by atoms with Gasteiger partial charge in [0.1, 0.15) is 23.7 Å². The molecule has 0 radical (unpaired) electrons. The molecule has 0 saturated heterocycles. The highest BCUT2D eigenvalue weighted by Gasteiger charge is 2.82. The molecule has 1 N–H and O–H groups in total. The topological polar surface area (TPSA) is 89.9 Å². The van der Waals surface area contributed by atoms with E-state index >= 15 is 8.78 Å². The van der Waals surface area contributed by atoms with E-state index < -0.39 is 46.1 Å². The zero-order valence-electron chi connectivity index (χ0n) is 20.5. The molecule has 2 aromatic heterocycles. The van der Waals surface area contributed by atoms with Gasteiger partial charge in [0.2, 0.25) is 0 Å². The first-order chi connectivity index (χ1) is 18.1. The Morgan fingerprint density at radius 3 is 2.37 bits per heavy atom. The number of hydrogen-bond donors (Lipinski definition) is 1. The number of tetrazole rings is 1. The number of aryl methyl sites for hydroxylation is 3. The first-order valence-corrected chi connectivity index (χ1v) is 12.3. The van der Waals surface area contributed by atoms with Crippen LogP contribution in [0.3, 0.4) is 0 Å². The van der Waals surface area contributed by atoms with E-state index in [9.17, 15) is 13.9 Å². The monoisotopic (exact) mass is 527 g/mol. The van der Waals surface area contributed by atoms with Crippen LogP contribution in [0.25, 0.3) is 0 Å². The van der Waals surface area contributed by atoms with Crippen molar-refractivity contribution < 1.29 is 27.2 Å². The van der Waals surface area contributed by atoms with Crippen molar-refractivity contribution in [3.8, 4) is 0 Å². The van der Waals surface area contributed by atoms with Crippen LogP contribution in [0.2, 0.25) is 0 Å². The fourth-order valence-corrected chi connectivity index (χ4v) is 6.36. The number of rotatable bonds is 9. The predicted molar refractivity (Wildman–Crippen MR) is 126 cm³/mol. The van der Waals surface area contributed by atoms with Crippen molar-refractivity contribution in [2.75, 3.05) is 0 Å². The summed E-state index contributed by atoms with van der Waals surface area (Å²) in [5, 5.41) is 25.9. The number of nitrogens with zero attached hydrogens (tertiary/aromatic N) is 5. The molecule has 198 valence electrons. The van der Waals surface area contributed by atoms with Crippen molar-refractivity contribution in [3.05, 3.63) is 94.6 Å². The highest BCUT2D eigenvalue weighted by molar-refractivity contribution is 5.44. The largest absolute Gasteiger partial charge is 0.377 e. The van der Waals surface area contributed by atoms with Gasteiger partial charge in [0.25, 0.3) is 5.92 Å². The van der Waals surface area contributed by atoms with Crippen molar-refractivity contribution in [2.24, 2.45) is 5.41 Å². The lowest BCUT2D eigenvalue weighted by molar-refractivity contribution is -0.347. The summed E-state index contributed by atoms with van der Waals surface area (Å²) < 4.78 is 67.0. The molecule has 7 nitrogen and oxygen atoms in total. The Hall–Kier alpha value is -3.60. The molecular formula is C27H25F4N5O2. The maximum Gasteiger partial charge on any atom is 0.287 e. The highest BCUT2D eigenvalue weighted by atomic mass is 19.3. The van der Waals surface area contributed by atoms with Gasteiger partial charge in [-0.1, -0.05) is 29.4 Å². The van der Waals surface area contributed by atoms with E-state index in [0.717, 1.165) is 58.6 Å². The first-order valence-electron chi connectivity index (χ1n) is 12.3. The molecule has 3 aliphatic rings. The van der Waals surface area contributed by atoms with Gasteiger partial charge < -0.3 is 9.63 Å². The number of halogens is 4. The second kappa shape index (κ2) is 8.45. The quantitative estimate of drug-likeness (QED) is 0.318. The minimum absolute atomic E-state index is 0.144. The van der Waals surface area contributed by atoms with Crippen molar-refractivity contribution in [1.29, 1.82) is 0 Å². The van der Waals surface area contributed by atoms with Crippen molar-refractivity contribution in [1.82, 2.24) is 25.4 Å². The Kier molecular flexibility index (Phi) is 5.50. The van der Waals surface area contributed by atoms with Crippen LogP contribution in [0, 0.1) is 24.0 Å². The van der Waals surface area contributed by atoms with Crippen LogP contribution in [-0.4, -0.2) is 36.4 Å². The van der Waals surface area contributed by atoms with Gasteiger partial charge in [-0.2, -0.15) is 0 Å². The van der Waals surface area contributed by atoms with Crippen LogP contribution < -0.4 is 0 Å². The third kappa shape index (κ3) is 3.66. The Balaban J connectivity index is 1.22. The number of hydrogen-bond acceptors (Lipinski definition) is 6. The molecule has 7 rings (SSSR count). The van der Waals surface area contributed by atoms with Crippen LogP contribution in [0.5, 0.6) is 0 Å². The van der Waals surface area contributed by atoms with E-state index in [1.807, 2.05) is 37.3 Å². The van der Waals surface area contributed by atoms with Gasteiger partial charge >= 0.3 is 0 Å². The number of aliphatic hydroxyl groups is 1. The second-order valence-corrected chi connectivity index (χ2v) is 10.8. The molecule has 0 spiro atoms. The molecule has 3 aliphatic carbocycles. The molecule has 0 aliphatic heterocycles. The Morgan fingerprint density at radius 1 is 1.03 bits per heavy atom. The first kappa shape index (κ1) is 24.7.